The number of piperidine rings is 1. The topological polar surface area (TPSA) is 36.4 Å². The molecule has 1 aromatic carbocycles. The minimum Gasteiger partial charge on any atom is -0.393 e. The van der Waals surface area contributed by atoms with Gasteiger partial charge in [0.1, 0.15) is 5.52 Å². The Kier molecular flexibility index (Phi) is 3.41. The summed E-state index contributed by atoms with van der Waals surface area (Å²) in [5.74, 6) is -0.316. The lowest BCUT2D eigenvalue weighted by Gasteiger charge is -2.32. The van der Waals surface area contributed by atoms with Crippen LogP contribution in [0.5, 0.6) is 0 Å². The maximum Gasteiger partial charge on any atom is 0.150 e. The molecular weight excluding hydrogens is 311 g/mol. The van der Waals surface area contributed by atoms with E-state index in [0.29, 0.717) is 9.99 Å². The Labute approximate surface area is 119 Å². The highest BCUT2D eigenvalue weighted by Crippen LogP contribution is 2.31. The third-order valence-electron chi connectivity index (χ3n) is 3.55. The first-order valence-corrected chi connectivity index (χ1v) is 7.11. The highest BCUT2D eigenvalue weighted by molar-refractivity contribution is 9.10. The van der Waals surface area contributed by atoms with Gasteiger partial charge < -0.3 is 10.0 Å². The standard InChI is InChI=1S/C14H14BrFN2O/c15-9-7-11-13(18-5-2-10(19)3-6-18)1-4-17-14(11)12(16)8-9/h1,4,7-8,10,19H,2-3,5-6H2. The number of pyridine rings is 1. The second kappa shape index (κ2) is 5.06. The average Bonchev–Trinajstić information content (AvgIpc) is 2.39. The number of hydrogen-bond acceptors (Lipinski definition) is 3. The van der Waals surface area contributed by atoms with E-state index in [4.69, 9.17) is 0 Å². The van der Waals surface area contributed by atoms with Gasteiger partial charge in [0.25, 0.3) is 0 Å². The predicted molar refractivity (Wildman–Crippen MR) is 76.9 cm³/mol. The highest BCUT2D eigenvalue weighted by Gasteiger charge is 2.19. The Hall–Kier alpha value is -1.20. The molecule has 0 saturated carbocycles. The van der Waals surface area contributed by atoms with E-state index in [-0.39, 0.29) is 11.9 Å². The maximum atomic E-state index is 13.9. The van der Waals surface area contributed by atoms with Gasteiger partial charge in [-0.05, 0) is 31.0 Å². The molecule has 0 unspecified atom stereocenters. The Bertz CT molecular complexity index is 612. The van der Waals surface area contributed by atoms with E-state index in [0.717, 1.165) is 37.0 Å². The van der Waals surface area contributed by atoms with Crippen molar-refractivity contribution in [2.75, 3.05) is 18.0 Å². The van der Waals surface area contributed by atoms with Gasteiger partial charge in [-0.2, -0.15) is 0 Å². The number of rotatable bonds is 1. The number of aliphatic hydroxyl groups is 1. The minimum absolute atomic E-state index is 0.215. The Morgan fingerprint density at radius 2 is 2.05 bits per heavy atom. The molecule has 1 fully saturated rings. The lowest BCUT2D eigenvalue weighted by molar-refractivity contribution is 0.145. The van der Waals surface area contributed by atoms with Crippen LogP contribution < -0.4 is 4.90 Å². The molecule has 2 heterocycles. The number of hydrogen-bond donors (Lipinski definition) is 1. The molecular formula is C14H14BrFN2O. The minimum atomic E-state index is -0.316. The molecule has 3 nitrogen and oxygen atoms in total. The number of halogens is 2. The molecule has 0 atom stereocenters. The van der Waals surface area contributed by atoms with E-state index in [1.165, 1.54) is 6.07 Å². The van der Waals surface area contributed by atoms with E-state index in [2.05, 4.69) is 25.8 Å². The summed E-state index contributed by atoms with van der Waals surface area (Å²) in [5, 5.41) is 10.4. The van der Waals surface area contributed by atoms with Gasteiger partial charge in [-0.25, -0.2) is 4.39 Å². The second-order valence-corrected chi connectivity index (χ2v) is 5.75. The molecule has 0 radical (unpaired) electrons. The first-order valence-electron chi connectivity index (χ1n) is 6.32. The number of anilines is 1. The van der Waals surface area contributed by atoms with Crippen LogP contribution >= 0.6 is 15.9 Å². The molecule has 5 heteroatoms. The predicted octanol–water partition coefficient (Wildman–Crippen LogP) is 3.10. The summed E-state index contributed by atoms with van der Waals surface area (Å²) in [4.78, 5) is 6.30. The highest BCUT2D eigenvalue weighted by atomic mass is 79.9. The number of benzene rings is 1. The molecule has 0 amide bonds. The number of aromatic nitrogens is 1. The number of nitrogens with zero attached hydrogens (tertiary/aromatic N) is 2. The zero-order chi connectivity index (χ0) is 13.4. The molecule has 1 saturated heterocycles. The van der Waals surface area contributed by atoms with E-state index >= 15 is 0 Å². The quantitative estimate of drug-likeness (QED) is 0.875. The van der Waals surface area contributed by atoms with Crippen LogP contribution in [0.3, 0.4) is 0 Å². The molecule has 3 rings (SSSR count). The van der Waals surface area contributed by atoms with E-state index in [1.807, 2.05) is 12.1 Å². The summed E-state index contributed by atoms with van der Waals surface area (Å²) in [6, 6.07) is 5.23. The van der Waals surface area contributed by atoms with Crippen LogP contribution in [0.25, 0.3) is 10.9 Å². The van der Waals surface area contributed by atoms with Crippen LogP contribution in [0, 0.1) is 5.82 Å². The van der Waals surface area contributed by atoms with Crippen LogP contribution in [0.2, 0.25) is 0 Å². The van der Waals surface area contributed by atoms with Crippen molar-refractivity contribution in [1.82, 2.24) is 4.98 Å². The van der Waals surface area contributed by atoms with Crippen molar-refractivity contribution in [3.05, 3.63) is 34.7 Å². The van der Waals surface area contributed by atoms with Crippen LogP contribution in [0.15, 0.2) is 28.9 Å². The lowest BCUT2D eigenvalue weighted by atomic mass is 10.1. The molecule has 1 N–H and O–H groups in total. The molecule has 1 aliphatic heterocycles. The maximum absolute atomic E-state index is 13.9. The first kappa shape index (κ1) is 12.8. The Morgan fingerprint density at radius 1 is 1.32 bits per heavy atom. The Balaban J connectivity index is 2.08. The largest absolute Gasteiger partial charge is 0.393 e. The van der Waals surface area contributed by atoms with Gasteiger partial charge in [0, 0.05) is 34.8 Å². The normalized spacial score (nSPS) is 17.1. The van der Waals surface area contributed by atoms with E-state index in [9.17, 15) is 9.50 Å². The SMILES string of the molecule is OC1CCN(c2ccnc3c(F)cc(Br)cc23)CC1. The summed E-state index contributed by atoms with van der Waals surface area (Å²) in [6.45, 7) is 1.57. The van der Waals surface area contributed by atoms with E-state index in [1.54, 1.807) is 6.20 Å². The molecule has 1 aromatic heterocycles. The molecule has 19 heavy (non-hydrogen) atoms. The fourth-order valence-electron chi connectivity index (χ4n) is 2.55. The molecule has 0 bridgehead atoms. The fraction of sp³-hybridized carbons (Fsp3) is 0.357. The second-order valence-electron chi connectivity index (χ2n) is 4.83. The van der Waals surface area contributed by atoms with Crippen LogP contribution in [-0.2, 0) is 0 Å². The zero-order valence-electron chi connectivity index (χ0n) is 10.3. The number of fused-ring (bicyclic) bond motifs is 1. The van der Waals surface area contributed by atoms with Crippen molar-refractivity contribution < 1.29 is 9.50 Å². The molecule has 0 aliphatic carbocycles. The Morgan fingerprint density at radius 3 is 2.79 bits per heavy atom. The average molecular weight is 325 g/mol. The van der Waals surface area contributed by atoms with Gasteiger partial charge in [0.2, 0.25) is 0 Å². The summed E-state index contributed by atoms with van der Waals surface area (Å²) in [6.07, 6.45) is 2.92. The van der Waals surface area contributed by atoms with Crippen molar-refractivity contribution in [3.63, 3.8) is 0 Å². The molecule has 100 valence electrons. The van der Waals surface area contributed by atoms with Crippen LogP contribution in [0.1, 0.15) is 12.8 Å². The molecule has 0 spiro atoms. The van der Waals surface area contributed by atoms with Gasteiger partial charge in [0.05, 0.1) is 6.10 Å². The van der Waals surface area contributed by atoms with E-state index < -0.39 is 0 Å². The zero-order valence-corrected chi connectivity index (χ0v) is 11.9. The number of aliphatic hydroxyl groups excluding tert-OH is 1. The van der Waals surface area contributed by atoms with Crippen molar-refractivity contribution in [3.8, 4) is 0 Å². The third-order valence-corrected chi connectivity index (χ3v) is 4.00. The monoisotopic (exact) mass is 324 g/mol. The first-order chi connectivity index (χ1) is 9.15. The van der Waals surface area contributed by atoms with Crippen molar-refractivity contribution >= 4 is 32.5 Å². The molecule has 2 aromatic rings. The van der Waals surface area contributed by atoms with Gasteiger partial charge in [-0.1, -0.05) is 15.9 Å². The van der Waals surface area contributed by atoms with Gasteiger partial charge in [-0.3, -0.25) is 4.98 Å². The van der Waals surface area contributed by atoms with Gasteiger partial charge >= 0.3 is 0 Å². The third kappa shape index (κ3) is 2.44. The van der Waals surface area contributed by atoms with Crippen LogP contribution in [-0.4, -0.2) is 29.3 Å². The lowest BCUT2D eigenvalue weighted by Crippen LogP contribution is -2.35. The summed E-state index contributed by atoms with van der Waals surface area (Å²) < 4.78 is 14.6. The fourth-order valence-corrected chi connectivity index (χ4v) is 2.98. The smallest absolute Gasteiger partial charge is 0.150 e. The van der Waals surface area contributed by atoms with Gasteiger partial charge in [-0.15, -0.1) is 0 Å². The molecule has 1 aliphatic rings. The van der Waals surface area contributed by atoms with Crippen molar-refractivity contribution in [2.24, 2.45) is 0 Å². The van der Waals surface area contributed by atoms with Crippen molar-refractivity contribution in [1.29, 1.82) is 0 Å². The summed E-state index contributed by atoms with van der Waals surface area (Å²) >= 11 is 3.32. The summed E-state index contributed by atoms with van der Waals surface area (Å²) in [7, 11) is 0. The van der Waals surface area contributed by atoms with Crippen LogP contribution in [0.4, 0.5) is 10.1 Å². The van der Waals surface area contributed by atoms with Crippen molar-refractivity contribution in [2.45, 2.75) is 18.9 Å². The summed E-state index contributed by atoms with van der Waals surface area (Å²) in [5.41, 5.74) is 1.38. The van der Waals surface area contributed by atoms with Gasteiger partial charge in [0.15, 0.2) is 5.82 Å².